The first kappa shape index (κ1) is 28.4. The zero-order chi connectivity index (χ0) is 29.6. The van der Waals surface area contributed by atoms with Crippen molar-refractivity contribution in [1.29, 1.82) is 0 Å². The highest BCUT2D eigenvalue weighted by atomic mass is 19.4. The molecule has 4 aromatic carbocycles. The number of Topliss-reactive ketones (excluding diaryl/α,β-unsaturated/α-hetero) is 1. The second-order valence-electron chi connectivity index (χ2n) is 11.3. The number of anilines is 2. The monoisotopic (exact) mass is 584 g/mol. The van der Waals surface area contributed by atoms with Gasteiger partial charge in [-0.05, 0) is 71.5 Å². The molecule has 0 aliphatic carbocycles. The molecule has 6 rings (SSSR count). The number of ketones is 1. The van der Waals surface area contributed by atoms with Crippen molar-refractivity contribution in [2.45, 2.75) is 38.0 Å². The Labute approximate surface area is 239 Å². The number of halogens is 6. The van der Waals surface area contributed by atoms with Gasteiger partial charge in [-0.2, -0.15) is 26.3 Å². The molecule has 2 aliphatic rings. The van der Waals surface area contributed by atoms with Crippen LogP contribution in [0.25, 0.3) is 21.5 Å². The molecule has 2 fully saturated rings. The third-order valence-corrected chi connectivity index (χ3v) is 8.83. The molecule has 0 amide bonds. The number of carbonyl (C=O) groups is 1. The van der Waals surface area contributed by atoms with E-state index in [-0.39, 0.29) is 28.4 Å². The number of piperidine rings is 2. The molecule has 0 unspecified atom stereocenters. The molecule has 220 valence electrons. The van der Waals surface area contributed by atoms with E-state index in [4.69, 9.17) is 0 Å². The van der Waals surface area contributed by atoms with Gasteiger partial charge in [-0.3, -0.25) is 4.79 Å². The fourth-order valence-corrected chi connectivity index (χ4v) is 6.60. The van der Waals surface area contributed by atoms with Gasteiger partial charge in [0, 0.05) is 49.4 Å². The Morgan fingerprint density at radius 2 is 0.929 bits per heavy atom. The number of hydrogen-bond donors (Lipinski definition) is 0. The minimum atomic E-state index is -4.47. The molecule has 0 saturated carbocycles. The lowest BCUT2D eigenvalue weighted by atomic mass is 9.81. The van der Waals surface area contributed by atoms with Gasteiger partial charge in [0.15, 0.2) is 0 Å². The Kier molecular flexibility index (Phi) is 7.31. The van der Waals surface area contributed by atoms with Gasteiger partial charge < -0.3 is 9.80 Å². The summed E-state index contributed by atoms with van der Waals surface area (Å²) in [6.07, 6.45) is -6.70. The lowest BCUT2D eigenvalue weighted by molar-refractivity contribution is -0.137. The van der Waals surface area contributed by atoms with Crippen LogP contribution in [0.2, 0.25) is 0 Å². The largest absolute Gasteiger partial charge is 0.417 e. The third kappa shape index (κ3) is 5.53. The average molecular weight is 585 g/mol. The van der Waals surface area contributed by atoms with E-state index < -0.39 is 23.5 Å². The van der Waals surface area contributed by atoms with Crippen LogP contribution in [0, 0.1) is 11.8 Å². The first-order chi connectivity index (χ1) is 20.0. The lowest BCUT2D eigenvalue weighted by Crippen LogP contribution is -2.42. The normalized spacial score (nSPS) is 17.8. The molecule has 0 spiro atoms. The van der Waals surface area contributed by atoms with Crippen LogP contribution >= 0.6 is 0 Å². The molecule has 0 radical (unpaired) electrons. The molecule has 42 heavy (non-hydrogen) atoms. The molecule has 0 bridgehead atoms. The summed E-state index contributed by atoms with van der Waals surface area (Å²) in [6.45, 7) is 1.95. The molecule has 4 aromatic rings. The predicted octanol–water partition coefficient (Wildman–Crippen LogP) is 8.73. The molecule has 2 heterocycles. The summed E-state index contributed by atoms with van der Waals surface area (Å²) in [4.78, 5) is 17.3. The standard InChI is InChI=1S/C33H30F6N2O/c34-32(35,36)29-19-25(17-23-5-1-3-7-27(23)29)40-13-9-21(10-14-40)31(42)22-11-15-41(16-12-22)26-18-24-6-2-4-8-28(24)30(20-26)33(37,38)39/h1-8,17-22H,9-16H2. The Hall–Kier alpha value is -3.75. The maximum absolute atomic E-state index is 13.8. The lowest BCUT2D eigenvalue weighted by Gasteiger charge is -2.37. The third-order valence-electron chi connectivity index (χ3n) is 8.83. The van der Waals surface area contributed by atoms with Crippen LogP contribution < -0.4 is 9.80 Å². The maximum atomic E-state index is 13.8. The molecular weight excluding hydrogens is 554 g/mol. The SMILES string of the molecule is O=C(C1CCN(c2cc(C(F)(F)F)c3ccccc3c2)CC1)C1CCN(c2cc(C(F)(F)F)c3ccccc3c2)CC1. The van der Waals surface area contributed by atoms with Crippen LogP contribution in [0.5, 0.6) is 0 Å². The highest BCUT2D eigenvalue weighted by Crippen LogP contribution is 2.40. The quantitative estimate of drug-likeness (QED) is 0.224. The highest BCUT2D eigenvalue weighted by molar-refractivity contribution is 5.91. The minimum Gasteiger partial charge on any atom is -0.371 e. The maximum Gasteiger partial charge on any atom is 0.417 e. The number of alkyl halides is 6. The van der Waals surface area contributed by atoms with E-state index in [0.29, 0.717) is 74.0 Å². The predicted molar refractivity (Wildman–Crippen MR) is 153 cm³/mol. The highest BCUT2D eigenvalue weighted by Gasteiger charge is 2.37. The summed E-state index contributed by atoms with van der Waals surface area (Å²) in [7, 11) is 0. The number of fused-ring (bicyclic) bond motifs is 2. The number of carbonyl (C=O) groups excluding carboxylic acids is 1. The molecular formula is C33H30F6N2O. The van der Waals surface area contributed by atoms with E-state index in [1.54, 1.807) is 48.5 Å². The van der Waals surface area contributed by atoms with Crippen molar-refractivity contribution in [2.24, 2.45) is 11.8 Å². The average Bonchev–Trinajstić information content (AvgIpc) is 2.99. The molecule has 3 nitrogen and oxygen atoms in total. The van der Waals surface area contributed by atoms with Crippen molar-refractivity contribution in [1.82, 2.24) is 0 Å². The second kappa shape index (κ2) is 10.8. The van der Waals surface area contributed by atoms with Crippen molar-refractivity contribution >= 4 is 38.7 Å². The van der Waals surface area contributed by atoms with Crippen LogP contribution in [0.4, 0.5) is 37.7 Å². The van der Waals surface area contributed by atoms with E-state index in [1.165, 1.54) is 24.3 Å². The van der Waals surface area contributed by atoms with E-state index in [0.717, 1.165) is 0 Å². The van der Waals surface area contributed by atoms with Gasteiger partial charge in [-0.1, -0.05) is 48.5 Å². The van der Waals surface area contributed by atoms with E-state index >= 15 is 0 Å². The van der Waals surface area contributed by atoms with Gasteiger partial charge in [0.2, 0.25) is 0 Å². The fraction of sp³-hybridized carbons (Fsp3) is 0.364. The summed E-state index contributed by atoms with van der Waals surface area (Å²) in [5, 5.41) is 1.40. The van der Waals surface area contributed by atoms with E-state index in [1.807, 2.05) is 9.80 Å². The van der Waals surface area contributed by atoms with Crippen LogP contribution in [-0.2, 0) is 17.1 Å². The zero-order valence-electron chi connectivity index (χ0n) is 22.8. The Morgan fingerprint density at radius 3 is 1.29 bits per heavy atom. The summed E-state index contributed by atoms with van der Waals surface area (Å²) in [5.74, 6) is -0.172. The van der Waals surface area contributed by atoms with Crippen molar-refractivity contribution < 1.29 is 31.1 Å². The Bertz CT molecular complexity index is 1490. The Morgan fingerprint density at radius 1 is 0.571 bits per heavy atom. The minimum absolute atomic E-state index is 0.165. The van der Waals surface area contributed by atoms with E-state index in [9.17, 15) is 31.1 Å². The number of rotatable bonds is 4. The van der Waals surface area contributed by atoms with Gasteiger partial charge >= 0.3 is 12.4 Å². The van der Waals surface area contributed by atoms with Crippen molar-refractivity contribution in [3.63, 3.8) is 0 Å². The van der Waals surface area contributed by atoms with Crippen LogP contribution in [-0.4, -0.2) is 32.0 Å². The molecule has 2 aliphatic heterocycles. The summed E-state index contributed by atoms with van der Waals surface area (Å²) in [6, 6.07) is 18.9. The summed E-state index contributed by atoms with van der Waals surface area (Å²) in [5.41, 5.74) is -0.300. The number of benzene rings is 4. The van der Waals surface area contributed by atoms with Gasteiger partial charge in [-0.15, -0.1) is 0 Å². The summed E-state index contributed by atoms with van der Waals surface area (Å²) >= 11 is 0. The molecule has 0 N–H and O–H groups in total. The number of hydrogen-bond acceptors (Lipinski definition) is 3. The van der Waals surface area contributed by atoms with Crippen molar-refractivity contribution in [2.75, 3.05) is 36.0 Å². The topological polar surface area (TPSA) is 23.6 Å². The summed E-state index contributed by atoms with van der Waals surface area (Å²) < 4.78 is 82.8. The van der Waals surface area contributed by atoms with Crippen LogP contribution in [0.3, 0.4) is 0 Å². The van der Waals surface area contributed by atoms with Crippen LogP contribution in [0.15, 0.2) is 72.8 Å². The van der Waals surface area contributed by atoms with Gasteiger partial charge in [0.25, 0.3) is 0 Å². The van der Waals surface area contributed by atoms with E-state index in [2.05, 4.69) is 0 Å². The number of nitrogens with zero attached hydrogens (tertiary/aromatic N) is 2. The molecule has 0 aromatic heterocycles. The smallest absolute Gasteiger partial charge is 0.371 e. The second-order valence-corrected chi connectivity index (χ2v) is 11.3. The molecule has 0 atom stereocenters. The van der Waals surface area contributed by atoms with Crippen LogP contribution in [0.1, 0.15) is 36.8 Å². The van der Waals surface area contributed by atoms with Gasteiger partial charge in [0.05, 0.1) is 11.1 Å². The molecule has 9 heteroatoms. The Balaban J connectivity index is 1.10. The fourth-order valence-electron chi connectivity index (χ4n) is 6.60. The van der Waals surface area contributed by atoms with Gasteiger partial charge in [0.1, 0.15) is 5.78 Å². The van der Waals surface area contributed by atoms with Crippen molar-refractivity contribution in [3.05, 3.63) is 83.9 Å². The van der Waals surface area contributed by atoms with Crippen molar-refractivity contribution in [3.8, 4) is 0 Å². The first-order valence-electron chi connectivity index (χ1n) is 14.2. The first-order valence-corrected chi connectivity index (χ1v) is 14.2. The van der Waals surface area contributed by atoms with Gasteiger partial charge in [-0.25, -0.2) is 0 Å². The zero-order valence-corrected chi connectivity index (χ0v) is 22.8. The molecule has 2 saturated heterocycles.